The fourth-order valence-electron chi connectivity index (χ4n) is 11.4. The SMILES string of the molecule is COc1ccc(CN(C[C@]2(O)CC[C@H]3[C@]45C=C[C@@]6(C=C4C(=O)Cc4c(F)cccc4Cl)CC(O)CC[C@]6(C)[C@H]5CC[C@@]32C)S(C)(=O)=O)c(OC)c1. The molecule has 0 aliphatic heterocycles. The van der Waals surface area contributed by atoms with Crippen LogP contribution in [0.3, 0.4) is 0 Å². The van der Waals surface area contributed by atoms with Crippen molar-refractivity contribution in [2.24, 2.45) is 33.5 Å². The second-order valence-corrected chi connectivity index (χ2v) is 18.7. The van der Waals surface area contributed by atoms with Crippen molar-refractivity contribution in [3.8, 4) is 11.5 Å². The number of Topliss-reactive ketones (excluding diaryl/α,β-unsaturated/α-hetero) is 1. The molecule has 3 fully saturated rings. The van der Waals surface area contributed by atoms with Gasteiger partial charge in [0.15, 0.2) is 5.78 Å². The van der Waals surface area contributed by atoms with E-state index in [0.717, 1.165) is 12.7 Å². The fraction of sp³-hybridized carbons (Fsp3) is 0.575. The molecule has 6 aliphatic rings. The Hall–Kier alpha value is -2.76. The first-order chi connectivity index (χ1) is 24.0. The van der Waals surface area contributed by atoms with Gasteiger partial charge in [-0.1, -0.05) is 55.8 Å². The number of hydrogen-bond donors (Lipinski definition) is 2. The normalized spacial score (nSPS) is 36.7. The van der Waals surface area contributed by atoms with Crippen molar-refractivity contribution in [2.75, 3.05) is 27.0 Å². The van der Waals surface area contributed by atoms with E-state index in [-0.39, 0.29) is 53.1 Å². The van der Waals surface area contributed by atoms with E-state index < -0.39 is 43.8 Å². The van der Waals surface area contributed by atoms with Crippen LogP contribution in [0.5, 0.6) is 11.5 Å². The third-order valence-electron chi connectivity index (χ3n) is 14.2. The molecule has 8 rings (SSSR count). The second kappa shape index (κ2) is 12.4. The second-order valence-electron chi connectivity index (χ2n) is 16.3. The van der Waals surface area contributed by atoms with Crippen LogP contribution < -0.4 is 9.47 Å². The van der Waals surface area contributed by atoms with Crippen LogP contribution in [0.4, 0.5) is 4.39 Å². The van der Waals surface area contributed by atoms with Gasteiger partial charge in [0.1, 0.15) is 17.3 Å². The predicted molar refractivity (Wildman–Crippen MR) is 193 cm³/mol. The molecule has 3 saturated carbocycles. The maximum atomic E-state index is 15.1. The van der Waals surface area contributed by atoms with Crippen molar-refractivity contribution in [3.63, 3.8) is 0 Å². The Morgan fingerprint density at radius 1 is 1.02 bits per heavy atom. The Balaban J connectivity index is 1.30. The molecule has 2 bridgehead atoms. The summed E-state index contributed by atoms with van der Waals surface area (Å²) in [5, 5.41) is 24.0. The lowest BCUT2D eigenvalue weighted by Gasteiger charge is -2.71. The Labute approximate surface area is 305 Å². The van der Waals surface area contributed by atoms with Crippen molar-refractivity contribution >= 4 is 27.4 Å². The Morgan fingerprint density at radius 3 is 2.41 bits per heavy atom. The number of ether oxygens (including phenoxy) is 2. The first kappa shape index (κ1) is 36.6. The standard InChI is InChI=1S/C40H49ClFNO7S/c1-36-14-11-26(44)21-38(36)17-18-40(29(22-38)32(45)20-28-30(41)7-6-8-31(28)42)34(36)12-15-37(2)35(40)13-16-39(37,46)24-43(51(5,47)48)23-25-9-10-27(49-3)19-33(25)50-4/h6-10,17-19,22,26,34-35,44,46H,11-16,20-21,23-24H2,1-5H3/t26?,34-,35-,36-,37+,38+,39-,40-/m1/s1. The average molecular weight is 742 g/mol. The van der Waals surface area contributed by atoms with Gasteiger partial charge in [-0.05, 0) is 80.4 Å². The van der Waals surface area contributed by atoms with Crippen molar-refractivity contribution in [1.82, 2.24) is 4.31 Å². The smallest absolute Gasteiger partial charge is 0.211 e. The number of methoxy groups -OCH3 is 2. The van der Waals surface area contributed by atoms with E-state index >= 15 is 4.39 Å². The summed E-state index contributed by atoms with van der Waals surface area (Å²) >= 11 is 6.44. The monoisotopic (exact) mass is 741 g/mol. The summed E-state index contributed by atoms with van der Waals surface area (Å²) in [7, 11) is -0.723. The number of halogens is 2. The van der Waals surface area contributed by atoms with Gasteiger partial charge in [0, 0.05) is 63.5 Å². The van der Waals surface area contributed by atoms with Crippen molar-refractivity contribution in [2.45, 2.75) is 83.5 Å². The van der Waals surface area contributed by atoms with E-state index in [1.165, 1.54) is 23.5 Å². The Bertz CT molecular complexity index is 1910. The lowest BCUT2D eigenvalue weighted by molar-refractivity contribution is -0.177. The summed E-state index contributed by atoms with van der Waals surface area (Å²) in [5.41, 5.74) is -2.30. The molecule has 51 heavy (non-hydrogen) atoms. The van der Waals surface area contributed by atoms with Gasteiger partial charge in [-0.2, -0.15) is 4.31 Å². The summed E-state index contributed by atoms with van der Waals surface area (Å²) in [6.45, 7) is 4.24. The topological polar surface area (TPSA) is 113 Å². The molecule has 11 heteroatoms. The van der Waals surface area contributed by atoms with Gasteiger partial charge in [0.2, 0.25) is 10.0 Å². The van der Waals surface area contributed by atoms with E-state index in [1.807, 2.05) is 0 Å². The number of aliphatic hydroxyl groups excluding tert-OH is 1. The van der Waals surface area contributed by atoms with Crippen LogP contribution in [-0.4, -0.2) is 67.4 Å². The zero-order valence-corrected chi connectivity index (χ0v) is 31.6. The quantitative estimate of drug-likeness (QED) is 0.262. The molecule has 2 aromatic rings. The van der Waals surface area contributed by atoms with Crippen LogP contribution in [0, 0.1) is 39.3 Å². The highest BCUT2D eigenvalue weighted by molar-refractivity contribution is 7.88. The lowest BCUT2D eigenvalue weighted by atomic mass is 9.32. The molecule has 1 unspecified atom stereocenters. The number of carbonyl (C=O) groups is 1. The molecule has 0 saturated heterocycles. The van der Waals surface area contributed by atoms with E-state index in [0.29, 0.717) is 61.2 Å². The van der Waals surface area contributed by atoms with Crippen LogP contribution in [0.2, 0.25) is 5.02 Å². The predicted octanol–water partition coefficient (Wildman–Crippen LogP) is 6.66. The molecule has 2 spiro atoms. The molecule has 2 aromatic carbocycles. The number of hydrogen-bond acceptors (Lipinski definition) is 7. The van der Waals surface area contributed by atoms with Gasteiger partial charge in [-0.25, -0.2) is 12.8 Å². The average Bonchev–Trinajstić information content (AvgIpc) is 3.35. The Morgan fingerprint density at radius 2 is 1.73 bits per heavy atom. The number of rotatable bonds is 10. The molecule has 8 atom stereocenters. The highest BCUT2D eigenvalue weighted by atomic mass is 35.5. The van der Waals surface area contributed by atoms with Crippen LogP contribution >= 0.6 is 11.6 Å². The first-order valence-corrected chi connectivity index (χ1v) is 20.2. The highest BCUT2D eigenvalue weighted by Gasteiger charge is 2.74. The van der Waals surface area contributed by atoms with Gasteiger partial charge < -0.3 is 19.7 Å². The fourth-order valence-corrected chi connectivity index (χ4v) is 12.4. The Kier molecular flexibility index (Phi) is 8.90. The minimum absolute atomic E-state index is 0.00131. The maximum Gasteiger partial charge on any atom is 0.211 e. The summed E-state index contributed by atoms with van der Waals surface area (Å²) in [6.07, 6.45) is 11.2. The number of allylic oxidation sites excluding steroid dienone is 4. The number of carbonyl (C=O) groups excluding carboxylic acids is 1. The van der Waals surface area contributed by atoms with Crippen molar-refractivity contribution in [1.29, 1.82) is 0 Å². The zero-order chi connectivity index (χ0) is 36.8. The molecule has 0 amide bonds. The number of benzene rings is 2. The van der Waals surface area contributed by atoms with E-state index in [2.05, 4.69) is 32.1 Å². The minimum Gasteiger partial charge on any atom is -0.497 e. The molecule has 276 valence electrons. The van der Waals surface area contributed by atoms with E-state index in [1.54, 1.807) is 31.4 Å². The van der Waals surface area contributed by atoms with Crippen LogP contribution in [0.15, 0.2) is 60.2 Å². The summed E-state index contributed by atoms with van der Waals surface area (Å²) in [5.74, 6) is 0.166. The maximum absolute atomic E-state index is 15.1. The highest BCUT2D eigenvalue weighted by Crippen LogP contribution is 2.78. The van der Waals surface area contributed by atoms with Gasteiger partial charge in [0.25, 0.3) is 0 Å². The molecule has 6 aliphatic carbocycles. The summed E-state index contributed by atoms with van der Waals surface area (Å²) in [4.78, 5) is 14.7. The molecule has 2 N–H and O–H groups in total. The van der Waals surface area contributed by atoms with Gasteiger partial charge in [-0.15, -0.1) is 0 Å². The molecule has 0 heterocycles. The number of fused-ring (bicyclic) bond motifs is 1. The van der Waals surface area contributed by atoms with Gasteiger partial charge in [0.05, 0.1) is 32.2 Å². The van der Waals surface area contributed by atoms with Crippen molar-refractivity contribution < 1.29 is 37.3 Å². The van der Waals surface area contributed by atoms with Crippen LogP contribution in [-0.2, 0) is 27.8 Å². The summed E-state index contributed by atoms with van der Waals surface area (Å²) < 4.78 is 54.2. The number of nitrogens with zero attached hydrogens (tertiary/aromatic N) is 1. The third-order valence-corrected chi connectivity index (χ3v) is 15.7. The van der Waals surface area contributed by atoms with E-state index in [9.17, 15) is 23.4 Å². The third kappa shape index (κ3) is 5.37. The van der Waals surface area contributed by atoms with Crippen LogP contribution in [0.25, 0.3) is 0 Å². The molecule has 0 radical (unpaired) electrons. The lowest BCUT2D eigenvalue weighted by Crippen LogP contribution is -2.67. The molecule has 0 aromatic heterocycles. The van der Waals surface area contributed by atoms with Gasteiger partial charge in [-0.3, -0.25) is 4.79 Å². The molecular weight excluding hydrogens is 693 g/mol. The van der Waals surface area contributed by atoms with Gasteiger partial charge >= 0.3 is 0 Å². The largest absolute Gasteiger partial charge is 0.497 e. The van der Waals surface area contributed by atoms with E-state index in [4.69, 9.17) is 21.1 Å². The molecule has 8 nitrogen and oxygen atoms in total. The van der Waals surface area contributed by atoms with Crippen molar-refractivity contribution in [3.05, 3.63) is 82.2 Å². The zero-order valence-electron chi connectivity index (χ0n) is 30.0. The first-order valence-electron chi connectivity index (χ1n) is 17.9. The summed E-state index contributed by atoms with van der Waals surface area (Å²) in [6, 6.07) is 9.66. The number of aliphatic hydroxyl groups is 2. The molecular formula is C40H49ClFNO7S. The number of sulfonamides is 1. The van der Waals surface area contributed by atoms with Crippen LogP contribution in [0.1, 0.15) is 69.9 Å². The minimum atomic E-state index is -3.79. The number of ketones is 1.